The van der Waals surface area contributed by atoms with Crippen molar-refractivity contribution in [2.75, 3.05) is 32.9 Å². The molecule has 0 bridgehead atoms. The van der Waals surface area contributed by atoms with E-state index in [9.17, 15) is 0 Å². The summed E-state index contributed by atoms with van der Waals surface area (Å²) >= 11 is 0. The van der Waals surface area contributed by atoms with E-state index in [0.717, 1.165) is 32.6 Å². The Balaban J connectivity index is 1.87. The summed E-state index contributed by atoms with van der Waals surface area (Å²) in [6, 6.07) is 0.585. The first-order valence-corrected chi connectivity index (χ1v) is 6.50. The normalized spacial score (nSPS) is 27.8. The van der Waals surface area contributed by atoms with Crippen LogP contribution in [0.1, 0.15) is 32.1 Å². The van der Waals surface area contributed by atoms with E-state index in [4.69, 9.17) is 9.84 Å². The van der Waals surface area contributed by atoms with Crippen LogP contribution in [-0.4, -0.2) is 49.0 Å². The lowest BCUT2D eigenvalue weighted by atomic mass is 9.98. The van der Waals surface area contributed by atoms with Gasteiger partial charge >= 0.3 is 0 Å². The second kappa shape index (κ2) is 6.38. The molecule has 16 heavy (non-hydrogen) atoms. The van der Waals surface area contributed by atoms with Gasteiger partial charge in [0.05, 0.1) is 13.2 Å². The second-order valence-corrected chi connectivity index (χ2v) is 4.84. The molecule has 0 aromatic carbocycles. The minimum Gasteiger partial charge on any atom is -0.396 e. The maximum Gasteiger partial charge on any atom is 0.0689 e. The minimum atomic E-state index is 0.316. The van der Waals surface area contributed by atoms with Crippen molar-refractivity contribution in [1.82, 2.24) is 4.90 Å². The summed E-state index contributed by atoms with van der Waals surface area (Å²) in [6.07, 6.45) is 8.18. The molecule has 0 aromatic heterocycles. The third-order valence-corrected chi connectivity index (χ3v) is 3.60. The van der Waals surface area contributed by atoms with Crippen LogP contribution < -0.4 is 0 Å². The molecule has 0 aromatic rings. The van der Waals surface area contributed by atoms with Crippen molar-refractivity contribution in [3.8, 4) is 0 Å². The van der Waals surface area contributed by atoms with Gasteiger partial charge < -0.3 is 9.84 Å². The molecule has 3 heteroatoms. The Bertz CT molecular complexity index is 238. The summed E-state index contributed by atoms with van der Waals surface area (Å²) in [5.41, 5.74) is 1.43. The molecule has 0 saturated carbocycles. The first-order valence-electron chi connectivity index (χ1n) is 6.50. The van der Waals surface area contributed by atoms with Crippen molar-refractivity contribution < 1.29 is 9.84 Å². The molecule has 1 N–H and O–H groups in total. The predicted octanol–water partition coefficient (Wildman–Crippen LogP) is 1.57. The van der Waals surface area contributed by atoms with E-state index >= 15 is 0 Å². The number of ether oxygens (including phenoxy) is 1. The zero-order chi connectivity index (χ0) is 11.2. The van der Waals surface area contributed by atoms with Gasteiger partial charge in [0.15, 0.2) is 0 Å². The second-order valence-electron chi connectivity index (χ2n) is 4.84. The van der Waals surface area contributed by atoms with Crippen molar-refractivity contribution in [2.24, 2.45) is 0 Å². The smallest absolute Gasteiger partial charge is 0.0689 e. The van der Waals surface area contributed by atoms with Gasteiger partial charge in [0.2, 0.25) is 0 Å². The first-order chi connectivity index (χ1) is 7.90. The highest BCUT2D eigenvalue weighted by molar-refractivity contribution is 5.08. The van der Waals surface area contributed by atoms with Crippen LogP contribution in [0.5, 0.6) is 0 Å². The van der Waals surface area contributed by atoms with Crippen LogP contribution in [0.25, 0.3) is 0 Å². The van der Waals surface area contributed by atoms with Crippen LogP contribution in [0.2, 0.25) is 0 Å². The lowest BCUT2D eigenvalue weighted by Gasteiger charge is -2.36. The molecule has 1 atom stereocenters. The number of hydrogen-bond acceptors (Lipinski definition) is 3. The summed E-state index contributed by atoms with van der Waals surface area (Å²) < 4.78 is 5.47. The van der Waals surface area contributed by atoms with E-state index in [-0.39, 0.29) is 0 Å². The number of hydrogen-bond donors (Lipinski definition) is 1. The zero-order valence-electron chi connectivity index (χ0n) is 10.0. The maximum atomic E-state index is 9.08. The fourth-order valence-corrected chi connectivity index (χ4v) is 2.72. The number of likely N-dealkylation sites (tertiary alicyclic amines) is 1. The molecule has 2 heterocycles. The molecule has 0 aliphatic carbocycles. The Hall–Kier alpha value is -0.380. The summed E-state index contributed by atoms with van der Waals surface area (Å²) in [7, 11) is 0. The van der Waals surface area contributed by atoms with Gasteiger partial charge in [-0.3, -0.25) is 4.90 Å². The van der Waals surface area contributed by atoms with Crippen LogP contribution in [-0.2, 0) is 4.74 Å². The molecular weight excluding hydrogens is 202 g/mol. The summed E-state index contributed by atoms with van der Waals surface area (Å²) in [4.78, 5) is 2.53. The van der Waals surface area contributed by atoms with Crippen LogP contribution in [0.15, 0.2) is 11.6 Å². The maximum absolute atomic E-state index is 9.08. The van der Waals surface area contributed by atoms with Gasteiger partial charge in [0.25, 0.3) is 0 Å². The van der Waals surface area contributed by atoms with Gasteiger partial charge in [0, 0.05) is 19.2 Å². The van der Waals surface area contributed by atoms with Crippen LogP contribution in [0.3, 0.4) is 0 Å². The van der Waals surface area contributed by atoms with Gasteiger partial charge in [-0.2, -0.15) is 0 Å². The molecule has 0 spiro atoms. The largest absolute Gasteiger partial charge is 0.396 e. The monoisotopic (exact) mass is 225 g/mol. The van der Waals surface area contributed by atoms with Gasteiger partial charge in [-0.05, 0) is 37.8 Å². The van der Waals surface area contributed by atoms with E-state index < -0.39 is 0 Å². The summed E-state index contributed by atoms with van der Waals surface area (Å²) in [6.45, 7) is 4.23. The lowest BCUT2D eigenvalue weighted by molar-refractivity contribution is 0.109. The third kappa shape index (κ3) is 3.30. The Labute approximate surface area is 98.1 Å². The third-order valence-electron chi connectivity index (χ3n) is 3.60. The average molecular weight is 225 g/mol. The predicted molar refractivity (Wildman–Crippen MR) is 64.4 cm³/mol. The highest BCUT2D eigenvalue weighted by atomic mass is 16.5. The lowest BCUT2D eigenvalue weighted by Crippen LogP contribution is -2.41. The van der Waals surface area contributed by atoms with Crippen molar-refractivity contribution in [2.45, 2.75) is 38.1 Å². The van der Waals surface area contributed by atoms with E-state index in [1.807, 2.05) is 0 Å². The Morgan fingerprint density at radius 2 is 2.38 bits per heavy atom. The van der Waals surface area contributed by atoms with Crippen LogP contribution in [0.4, 0.5) is 0 Å². The van der Waals surface area contributed by atoms with E-state index in [0.29, 0.717) is 12.6 Å². The van der Waals surface area contributed by atoms with Crippen molar-refractivity contribution in [3.63, 3.8) is 0 Å². The van der Waals surface area contributed by atoms with Gasteiger partial charge in [-0.1, -0.05) is 12.5 Å². The standard InChI is InChI=1S/C13H23NO2/c15-8-6-13-5-1-2-7-14(13)10-12-4-3-9-16-11-12/h4,13,15H,1-3,5-11H2. The van der Waals surface area contributed by atoms with Gasteiger partial charge in [-0.25, -0.2) is 0 Å². The highest BCUT2D eigenvalue weighted by Crippen LogP contribution is 2.21. The minimum absolute atomic E-state index is 0.316. The fourth-order valence-electron chi connectivity index (χ4n) is 2.72. The average Bonchev–Trinajstić information content (AvgIpc) is 2.33. The Kier molecular flexibility index (Phi) is 4.82. The quantitative estimate of drug-likeness (QED) is 0.737. The molecule has 2 aliphatic rings. The van der Waals surface area contributed by atoms with E-state index in [1.54, 1.807) is 0 Å². The van der Waals surface area contributed by atoms with Crippen molar-refractivity contribution >= 4 is 0 Å². The molecule has 3 nitrogen and oxygen atoms in total. The first kappa shape index (κ1) is 12.1. The molecule has 2 rings (SSSR count). The Morgan fingerprint density at radius 3 is 3.12 bits per heavy atom. The Morgan fingerprint density at radius 1 is 1.44 bits per heavy atom. The van der Waals surface area contributed by atoms with Gasteiger partial charge in [0.1, 0.15) is 0 Å². The zero-order valence-corrected chi connectivity index (χ0v) is 10.0. The molecular formula is C13H23NO2. The van der Waals surface area contributed by atoms with Crippen LogP contribution in [0, 0.1) is 0 Å². The molecule has 1 fully saturated rings. The summed E-state index contributed by atoms with van der Waals surface area (Å²) in [5.74, 6) is 0. The molecule has 2 aliphatic heterocycles. The number of rotatable bonds is 4. The van der Waals surface area contributed by atoms with Crippen LogP contribution >= 0.6 is 0 Å². The van der Waals surface area contributed by atoms with Crippen molar-refractivity contribution in [1.29, 1.82) is 0 Å². The topological polar surface area (TPSA) is 32.7 Å². The molecule has 0 radical (unpaired) electrons. The number of aliphatic hydroxyl groups excluding tert-OH is 1. The fraction of sp³-hybridized carbons (Fsp3) is 0.846. The number of piperidine rings is 1. The van der Waals surface area contributed by atoms with E-state index in [1.165, 1.54) is 31.4 Å². The molecule has 92 valence electrons. The molecule has 1 saturated heterocycles. The highest BCUT2D eigenvalue weighted by Gasteiger charge is 2.22. The summed E-state index contributed by atoms with van der Waals surface area (Å²) in [5, 5.41) is 9.08. The van der Waals surface area contributed by atoms with Crippen molar-refractivity contribution in [3.05, 3.63) is 11.6 Å². The number of aliphatic hydroxyl groups is 1. The van der Waals surface area contributed by atoms with E-state index in [2.05, 4.69) is 11.0 Å². The molecule has 1 unspecified atom stereocenters. The SMILES string of the molecule is OCCC1CCCCN1CC1=CCCOC1. The number of nitrogens with zero attached hydrogens (tertiary/aromatic N) is 1. The van der Waals surface area contributed by atoms with Gasteiger partial charge in [-0.15, -0.1) is 0 Å². The molecule has 0 amide bonds.